The van der Waals surface area contributed by atoms with Crippen molar-refractivity contribution in [2.24, 2.45) is 0 Å². The maximum atomic E-state index is 12.5. The van der Waals surface area contributed by atoms with Gasteiger partial charge < -0.3 is 14.8 Å². The van der Waals surface area contributed by atoms with E-state index >= 15 is 0 Å². The van der Waals surface area contributed by atoms with Gasteiger partial charge in [0.25, 0.3) is 0 Å². The lowest BCUT2D eigenvalue weighted by Gasteiger charge is -2.11. The standard InChI is InChI=1S/C18H18F3NO2/c19-18(20,21)15-5-2-13(3-6-15)11-22-12-14-4-7-16-17(10-14)24-9-1-8-23-16/h2-7,10,22H,1,8-9,11-12H2. The first-order valence-corrected chi connectivity index (χ1v) is 7.78. The van der Waals surface area contributed by atoms with E-state index in [4.69, 9.17) is 9.47 Å². The van der Waals surface area contributed by atoms with Crippen LogP contribution in [0.4, 0.5) is 13.2 Å². The first-order chi connectivity index (χ1) is 11.5. The second kappa shape index (κ2) is 7.13. The summed E-state index contributed by atoms with van der Waals surface area (Å²) >= 11 is 0. The summed E-state index contributed by atoms with van der Waals surface area (Å²) in [7, 11) is 0. The average Bonchev–Trinajstić information content (AvgIpc) is 2.79. The Kier molecular flexibility index (Phi) is 4.94. The summed E-state index contributed by atoms with van der Waals surface area (Å²) in [6, 6.07) is 11.0. The van der Waals surface area contributed by atoms with Crippen LogP contribution < -0.4 is 14.8 Å². The smallest absolute Gasteiger partial charge is 0.416 e. The minimum absolute atomic E-state index is 0.493. The molecule has 3 rings (SSSR count). The third-order valence-corrected chi connectivity index (χ3v) is 3.75. The van der Waals surface area contributed by atoms with Crippen molar-refractivity contribution in [2.75, 3.05) is 13.2 Å². The van der Waals surface area contributed by atoms with E-state index in [9.17, 15) is 13.2 Å². The van der Waals surface area contributed by atoms with E-state index in [1.165, 1.54) is 12.1 Å². The SMILES string of the molecule is FC(F)(F)c1ccc(CNCc2ccc3c(c2)OCCCO3)cc1. The van der Waals surface area contributed by atoms with E-state index in [0.717, 1.165) is 41.2 Å². The molecule has 0 saturated carbocycles. The van der Waals surface area contributed by atoms with Crippen molar-refractivity contribution in [3.8, 4) is 11.5 Å². The highest BCUT2D eigenvalue weighted by Crippen LogP contribution is 2.31. The summed E-state index contributed by atoms with van der Waals surface area (Å²) in [4.78, 5) is 0. The molecule has 0 saturated heterocycles. The lowest BCUT2D eigenvalue weighted by molar-refractivity contribution is -0.137. The Balaban J connectivity index is 1.56. The summed E-state index contributed by atoms with van der Waals surface area (Å²) in [5.74, 6) is 1.49. The maximum absolute atomic E-state index is 12.5. The highest BCUT2D eigenvalue weighted by molar-refractivity contribution is 5.43. The van der Waals surface area contributed by atoms with Crippen molar-refractivity contribution in [1.82, 2.24) is 5.32 Å². The minimum Gasteiger partial charge on any atom is -0.490 e. The molecule has 6 heteroatoms. The van der Waals surface area contributed by atoms with Gasteiger partial charge in [-0.2, -0.15) is 13.2 Å². The third-order valence-electron chi connectivity index (χ3n) is 3.75. The van der Waals surface area contributed by atoms with Crippen LogP contribution in [0.15, 0.2) is 42.5 Å². The third kappa shape index (κ3) is 4.20. The molecule has 0 bridgehead atoms. The molecule has 128 valence electrons. The van der Waals surface area contributed by atoms with Crippen LogP contribution in [0.1, 0.15) is 23.1 Å². The summed E-state index contributed by atoms with van der Waals surface area (Å²) in [5, 5.41) is 3.22. The van der Waals surface area contributed by atoms with Gasteiger partial charge >= 0.3 is 6.18 Å². The molecule has 1 aliphatic heterocycles. The maximum Gasteiger partial charge on any atom is 0.416 e. The van der Waals surface area contributed by atoms with Crippen molar-refractivity contribution in [1.29, 1.82) is 0 Å². The fourth-order valence-electron chi connectivity index (χ4n) is 2.48. The topological polar surface area (TPSA) is 30.5 Å². The monoisotopic (exact) mass is 337 g/mol. The van der Waals surface area contributed by atoms with Crippen LogP contribution in [0, 0.1) is 0 Å². The van der Waals surface area contributed by atoms with Gasteiger partial charge in [0.2, 0.25) is 0 Å². The van der Waals surface area contributed by atoms with Gasteiger partial charge in [0.15, 0.2) is 11.5 Å². The summed E-state index contributed by atoms with van der Waals surface area (Å²) in [6.07, 6.45) is -3.44. The lowest BCUT2D eigenvalue weighted by Crippen LogP contribution is -2.13. The zero-order valence-electron chi connectivity index (χ0n) is 13.0. The van der Waals surface area contributed by atoms with E-state index in [1.807, 2.05) is 18.2 Å². The van der Waals surface area contributed by atoms with Crippen LogP contribution in [-0.4, -0.2) is 13.2 Å². The zero-order valence-corrected chi connectivity index (χ0v) is 13.0. The molecular formula is C18H18F3NO2. The molecule has 3 nitrogen and oxygen atoms in total. The van der Waals surface area contributed by atoms with Gasteiger partial charge in [-0.3, -0.25) is 0 Å². The quantitative estimate of drug-likeness (QED) is 0.909. The lowest BCUT2D eigenvalue weighted by atomic mass is 10.1. The molecule has 1 N–H and O–H groups in total. The largest absolute Gasteiger partial charge is 0.490 e. The first-order valence-electron chi connectivity index (χ1n) is 7.78. The molecule has 2 aromatic rings. The van der Waals surface area contributed by atoms with Crippen molar-refractivity contribution >= 4 is 0 Å². The minimum atomic E-state index is -4.30. The van der Waals surface area contributed by atoms with Crippen molar-refractivity contribution < 1.29 is 22.6 Å². The number of hydrogen-bond donors (Lipinski definition) is 1. The molecule has 0 radical (unpaired) electrons. The van der Waals surface area contributed by atoms with Crippen molar-refractivity contribution in [2.45, 2.75) is 25.7 Å². The molecule has 0 unspecified atom stereocenters. The number of hydrogen-bond acceptors (Lipinski definition) is 3. The molecule has 0 aliphatic carbocycles. The highest BCUT2D eigenvalue weighted by Gasteiger charge is 2.29. The number of rotatable bonds is 4. The highest BCUT2D eigenvalue weighted by atomic mass is 19.4. The van der Waals surface area contributed by atoms with E-state index < -0.39 is 11.7 Å². The Morgan fingerprint density at radius 1 is 0.833 bits per heavy atom. The van der Waals surface area contributed by atoms with E-state index in [0.29, 0.717) is 26.3 Å². The Hall–Kier alpha value is -2.21. The van der Waals surface area contributed by atoms with Gasteiger partial charge in [-0.15, -0.1) is 0 Å². The molecule has 1 heterocycles. The number of nitrogens with one attached hydrogen (secondary N) is 1. The van der Waals surface area contributed by atoms with Crippen LogP contribution in [-0.2, 0) is 19.3 Å². The van der Waals surface area contributed by atoms with Crippen LogP contribution in [0.5, 0.6) is 11.5 Å². The fourth-order valence-corrected chi connectivity index (χ4v) is 2.48. The number of fused-ring (bicyclic) bond motifs is 1. The number of alkyl halides is 3. The average molecular weight is 337 g/mol. The second-order valence-corrected chi connectivity index (χ2v) is 5.63. The van der Waals surface area contributed by atoms with Crippen LogP contribution in [0.25, 0.3) is 0 Å². The molecule has 24 heavy (non-hydrogen) atoms. The summed E-state index contributed by atoms with van der Waals surface area (Å²) in [5.41, 5.74) is 1.21. The molecule has 2 aromatic carbocycles. The number of benzene rings is 2. The van der Waals surface area contributed by atoms with E-state index in [2.05, 4.69) is 5.32 Å². The van der Waals surface area contributed by atoms with Gasteiger partial charge in [0, 0.05) is 19.5 Å². The Morgan fingerprint density at radius 2 is 1.46 bits per heavy atom. The number of ether oxygens (including phenoxy) is 2. The van der Waals surface area contributed by atoms with Crippen molar-refractivity contribution in [3.05, 3.63) is 59.2 Å². The normalized spacial score (nSPS) is 14.3. The molecular weight excluding hydrogens is 319 g/mol. The fraction of sp³-hybridized carbons (Fsp3) is 0.333. The summed E-state index contributed by atoms with van der Waals surface area (Å²) in [6.45, 7) is 2.37. The van der Waals surface area contributed by atoms with Crippen molar-refractivity contribution in [3.63, 3.8) is 0 Å². The molecule has 0 fully saturated rings. The molecule has 0 amide bonds. The Morgan fingerprint density at radius 3 is 2.17 bits per heavy atom. The predicted octanol–water partition coefficient (Wildman–Crippen LogP) is 4.16. The predicted molar refractivity (Wildman–Crippen MR) is 84.0 cm³/mol. The molecule has 0 aromatic heterocycles. The number of halogens is 3. The van der Waals surface area contributed by atoms with Gasteiger partial charge in [-0.05, 0) is 35.4 Å². The van der Waals surface area contributed by atoms with Gasteiger partial charge in [-0.1, -0.05) is 18.2 Å². The van der Waals surface area contributed by atoms with Gasteiger partial charge in [0.05, 0.1) is 18.8 Å². The summed E-state index contributed by atoms with van der Waals surface area (Å²) < 4.78 is 48.8. The zero-order chi connectivity index (χ0) is 17.0. The Labute approximate surface area is 138 Å². The second-order valence-electron chi connectivity index (χ2n) is 5.63. The van der Waals surface area contributed by atoms with Crippen LogP contribution in [0.2, 0.25) is 0 Å². The van der Waals surface area contributed by atoms with Crippen LogP contribution >= 0.6 is 0 Å². The van der Waals surface area contributed by atoms with E-state index in [-0.39, 0.29) is 0 Å². The van der Waals surface area contributed by atoms with Gasteiger partial charge in [0.1, 0.15) is 0 Å². The Bertz CT molecular complexity index is 684. The first kappa shape index (κ1) is 16.6. The van der Waals surface area contributed by atoms with Gasteiger partial charge in [-0.25, -0.2) is 0 Å². The molecule has 0 atom stereocenters. The van der Waals surface area contributed by atoms with E-state index in [1.54, 1.807) is 0 Å². The van der Waals surface area contributed by atoms with Crippen LogP contribution in [0.3, 0.4) is 0 Å². The molecule has 1 aliphatic rings. The molecule has 0 spiro atoms.